The van der Waals surface area contributed by atoms with E-state index in [4.69, 9.17) is 5.53 Å². The van der Waals surface area contributed by atoms with Crippen LogP contribution in [0.5, 0.6) is 0 Å². The van der Waals surface area contributed by atoms with Crippen molar-refractivity contribution >= 4 is 5.78 Å². The Morgan fingerprint density at radius 3 is 3.08 bits per heavy atom. The third-order valence-electron chi connectivity index (χ3n) is 2.50. The van der Waals surface area contributed by atoms with Crippen LogP contribution in [0.1, 0.15) is 32.6 Å². The summed E-state index contributed by atoms with van der Waals surface area (Å²) >= 11 is 0. The van der Waals surface area contributed by atoms with Crippen molar-refractivity contribution in [1.29, 1.82) is 0 Å². The van der Waals surface area contributed by atoms with Crippen molar-refractivity contribution in [3.05, 3.63) is 10.4 Å². The number of carbonyl (C=O) groups excluding carboxylic acids is 1. The minimum absolute atomic E-state index is 0.0822. The number of hydrogen-bond acceptors (Lipinski definition) is 2. The van der Waals surface area contributed by atoms with Crippen molar-refractivity contribution in [2.75, 3.05) is 0 Å². The molecule has 0 N–H and O–H groups in total. The van der Waals surface area contributed by atoms with Gasteiger partial charge in [-0.1, -0.05) is 18.5 Å². The minimum Gasteiger partial charge on any atom is -0.300 e. The predicted octanol–water partition coefficient (Wildman–Crippen LogP) is 2.44. The predicted molar refractivity (Wildman–Crippen MR) is 45.6 cm³/mol. The first-order valence-electron chi connectivity index (χ1n) is 4.33. The van der Waals surface area contributed by atoms with Crippen molar-refractivity contribution in [1.82, 2.24) is 0 Å². The molecule has 1 rings (SSSR count). The second-order valence-corrected chi connectivity index (χ2v) is 3.22. The number of hydrogen-bond donors (Lipinski definition) is 0. The molecule has 0 amide bonds. The van der Waals surface area contributed by atoms with Crippen molar-refractivity contribution in [2.45, 2.75) is 38.6 Å². The molecule has 0 aromatic rings. The van der Waals surface area contributed by atoms with Crippen LogP contribution < -0.4 is 0 Å². The Balaban J connectivity index is 2.63. The zero-order valence-corrected chi connectivity index (χ0v) is 7.23. The van der Waals surface area contributed by atoms with E-state index in [9.17, 15) is 4.79 Å². The molecule has 12 heavy (non-hydrogen) atoms. The Morgan fingerprint density at radius 2 is 2.50 bits per heavy atom. The first kappa shape index (κ1) is 9.07. The molecule has 66 valence electrons. The van der Waals surface area contributed by atoms with Gasteiger partial charge >= 0.3 is 0 Å². The number of ketones is 1. The minimum atomic E-state index is -0.0822. The maximum Gasteiger partial charge on any atom is 0.133 e. The van der Waals surface area contributed by atoms with E-state index >= 15 is 0 Å². The molecule has 4 heteroatoms. The largest absolute Gasteiger partial charge is 0.300 e. The summed E-state index contributed by atoms with van der Waals surface area (Å²) in [5.41, 5.74) is 8.27. The SMILES string of the molecule is CCC1CCC(=O)CC1N=[N+]=[N-]. The van der Waals surface area contributed by atoms with E-state index in [0.29, 0.717) is 18.8 Å². The Bertz CT molecular complexity index is 220. The fourth-order valence-corrected chi connectivity index (χ4v) is 1.72. The highest BCUT2D eigenvalue weighted by molar-refractivity contribution is 5.79. The zero-order chi connectivity index (χ0) is 8.97. The van der Waals surface area contributed by atoms with Crippen molar-refractivity contribution < 1.29 is 4.79 Å². The van der Waals surface area contributed by atoms with E-state index in [2.05, 4.69) is 16.9 Å². The van der Waals surface area contributed by atoms with Crippen molar-refractivity contribution in [3.63, 3.8) is 0 Å². The highest BCUT2D eigenvalue weighted by atomic mass is 16.1. The molecular formula is C8H13N3O. The van der Waals surface area contributed by atoms with Crippen LogP contribution in [-0.2, 0) is 4.79 Å². The summed E-state index contributed by atoms with van der Waals surface area (Å²) in [4.78, 5) is 13.8. The van der Waals surface area contributed by atoms with Gasteiger partial charge in [0.1, 0.15) is 5.78 Å². The first-order valence-corrected chi connectivity index (χ1v) is 4.33. The summed E-state index contributed by atoms with van der Waals surface area (Å²) in [7, 11) is 0. The molecule has 2 unspecified atom stereocenters. The lowest BCUT2D eigenvalue weighted by atomic mass is 9.83. The molecular weight excluding hydrogens is 154 g/mol. The lowest BCUT2D eigenvalue weighted by molar-refractivity contribution is -0.121. The van der Waals surface area contributed by atoms with Gasteiger partial charge in [0.05, 0.1) is 0 Å². The van der Waals surface area contributed by atoms with Gasteiger partial charge in [0.25, 0.3) is 0 Å². The molecule has 0 aromatic heterocycles. The maximum absolute atomic E-state index is 11.0. The molecule has 4 nitrogen and oxygen atoms in total. The van der Waals surface area contributed by atoms with Gasteiger partial charge in [0.15, 0.2) is 0 Å². The third-order valence-corrected chi connectivity index (χ3v) is 2.50. The second kappa shape index (κ2) is 4.12. The molecule has 0 spiro atoms. The molecule has 2 atom stereocenters. The summed E-state index contributed by atoms with van der Waals surface area (Å²) in [6.45, 7) is 2.07. The number of rotatable bonds is 2. The van der Waals surface area contributed by atoms with E-state index in [1.807, 2.05) is 0 Å². The zero-order valence-electron chi connectivity index (χ0n) is 7.23. The fourth-order valence-electron chi connectivity index (χ4n) is 1.72. The molecule has 1 saturated carbocycles. The van der Waals surface area contributed by atoms with Crippen molar-refractivity contribution in [2.24, 2.45) is 11.0 Å². The summed E-state index contributed by atoms with van der Waals surface area (Å²) in [6.07, 6.45) is 2.99. The van der Waals surface area contributed by atoms with E-state index < -0.39 is 0 Å². The Hall–Kier alpha value is -1.02. The van der Waals surface area contributed by atoms with Gasteiger partial charge in [0.2, 0.25) is 0 Å². The van der Waals surface area contributed by atoms with Gasteiger partial charge in [-0.05, 0) is 17.9 Å². The lowest BCUT2D eigenvalue weighted by Gasteiger charge is -2.25. The maximum atomic E-state index is 11.0. The summed E-state index contributed by atoms with van der Waals surface area (Å²) in [5, 5.41) is 3.65. The molecule has 1 aliphatic rings. The van der Waals surface area contributed by atoms with E-state index in [1.54, 1.807) is 0 Å². The highest BCUT2D eigenvalue weighted by Gasteiger charge is 2.26. The van der Waals surface area contributed by atoms with Crippen molar-refractivity contribution in [3.8, 4) is 0 Å². The summed E-state index contributed by atoms with van der Waals surface area (Å²) in [5.74, 6) is 0.649. The second-order valence-electron chi connectivity index (χ2n) is 3.22. The topological polar surface area (TPSA) is 65.8 Å². The molecule has 0 heterocycles. The first-order chi connectivity index (χ1) is 5.77. The van der Waals surface area contributed by atoms with Crippen LogP contribution in [0.15, 0.2) is 5.11 Å². The van der Waals surface area contributed by atoms with Gasteiger partial charge in [-0.25, -0.2) is 0 Å². The average molecular weight is 167 g/mol. The Labute approximate surface area is 71.6 Å². The number of Topliss-reactive ketones (excluding diaryl/α,β-unsaturated/α-hetero) is 1. The molecule has 0 aliphatic heterocycles. The van der Waals surface area contributed by atoms with Crippen LogP contribution in [0.4, 0.5) is 0 Å². The number of carbonyl (C=O) groups is 1. The molecule has 0 bridgehead atoms. The van der Waals surface area contributed by atoms with E-state index in [0.717, 1.165) is 12.8 Å². The monoisotopic (exact) mass is 167 g/mol. The van der Waals surface area contributed by atoms with Gasteiger partial charge < -0.3 is 0 Å². The van der Waals surface area contributed by atoms with Crippen LogP contribution >= 0.6 is 0 Å². The van der Waals surface area contributed by atoms with Gasteiger partial charge in [-0.15, -0.1) is 0 Å². The molecule has 0 saturated heterocycles. The third kappa shape index (κ3) is 1.98. The molecule has 0 radical (unpaired) electrons. The van der Waals surface area contributed by atoms with Crippen LogP contribution in [0.3, 0.4) is 0 Å². The van der Waals surface area contributed by atoms with Gasteiger partial charge in [0, 0.05) is 23.8 Å². The van der Waals surface area contributed by atoms with E-state index in [-0.39, 0.29) is 11.8 Å². The smallest absolute Gasteiger partial charge is 0.133 e. The summed E-state index contributed by atoms with van der Waals surface area (Å²) < 4.78 is 0. The number of azide groups is 1. The van der Waals surface area contributed by atoms with Crippen LogP contribution in [0.25, 0.3) is 10.4 Å². The average Bonchev–Trinajstić information content (AvgIpc) is 2.05. The van der Waals surface area contributed by atoms with Crippen LogP contribution in [0.2, 0.25) is 0 Å². The Morgan fingerprint density at radius 1 is 1.75 bits per heavy atom. The standard InChI is InChI=1S/C8H13N3O/c1-2-6-3-4-7(12)5-8(6)10-11-9/h6,8H,2-5H2,1H3. The molecule has 0 aromatic carbocycles. The quantitative estimate of drug-likeness (QED) is 0.354. The van der Waals surface area contributed by atoms with Gasteiger partial charge in [-0.2, -0.15) is 0 Å². The highest BCUT2D eigenvalue weighted by Crippen LogP contribution is 2.27. The lowest BCUT2D eigenvalue weighted by Crippen LogP contribution is -2.27. The Kier molecular flexibility index (Phi) is 3.11. The van der Waals surface area contributed by atoms with E-state index in [1.165, 1.54) is 0 Å². The normalized spacial score (nSPS) is 29.6. The summed E-state index contributed by atoms with van der Waals surface area (Å²) in [6, 6.07) is -0.0822. The van der Waals surface area contributed by atoms with Crippen LogP contribution in [0, 0.1) is 5.92 Å². The fraction of sp³-hybridized carbons (Fsp3) is 0.875. The molecule has 1 fully saturated rings. The van der Waals surface area contributed by atoms with Crippen LogP contribution in [-0.4, -0.2) is 11.8 Å². The number of nitrogens with zero attached hydrogens (tertiary/aromatic N) is 3. The van der Waals surface area contributed by atoms with Gasteiger partial charge in [-0.3, -0.25) is 4.79 Å². The molecule has 1 aliphatic carbocycles.